The van der Waals surface area contributed by atoms with E-state index in [9.17, 15) is 10.5 Å². The Hall–Kier alpha value is -6.10. The normalized spacial score (nSPS) is 12.2. The molecule has 0 radical (unpaired) electrons. The zero-order valence-corrected chi connectivity index (χ0v) is 29.3. The van der Waals surface area contributed by atoms with Gasteiger partial charge in [-0.1, -0.05) is 102 Å². The topological polar surface area (TPSA) is 57.4 Å². The first-order chi connectivity index (χ1) is 24.0. The van der Waals surface area contributed by atoms with Crippen molar-refractivity contribution in [3.63, 3.8) is 0 Å². The molecule has 0 N–H and O–H groups in total. The predicted molar refractivity (Wildman–Crippen MR) is 207 cm³/mol. The molecule has 2 heterocycles. The van der Waals surface area contributed by atoms with Gasteiger partial charge >= 0.3 is 0 Å². The summed E-state index contributed by atoms with van der Waals surface area (Å²) < 4.78 is 4.68. The lowest BCUT2D eigenvalue weighted by Crippen LogP contribution is -2.11. The van der Waals surface area contributed by atoms with Crippen LogP contribution in [0.4, 0.5) is 0 Å². The van der Waals surface area contributed by atoms with Crippen LogP contribution >= 0.6 is 0 Å². The van der Waals surface area contributed by atoms with Gasteiger partial charge in [0.25, 0.3) is 0 Å². The summed E-state index contributed by atoms with van der Waals surface area (Å²) in [6.07, 6.45) is 0. The van der Waals surface area contributed by atoms with Crippen molar-refractivity contribution in [2.24, 2.45) is 0 Å². The number of hydrogen-bond acceptors (Lipinski definition) is 2. The minimum atomic E-state index is -0.00912. The Balaban J connectivity index is 1.55. The SMILES string of the molecule is CC(C)(C)c1ccc2c(c1)c1ccccc1n2-c1cc(C#N)c(-c2cccc(C#N)c2)cc1-n1c2ccccc2c2cc(C(C)(C)C)ccc21. The number of para-hydroxylation sites is 2. The summed E-state index contributed by atoms with van der Waals surface area (Å²) in [5, 5.41) is 25.2. The quantitative estimate of drug-likeness (QED) is 0.192. The molecule has 242 valence electrons. The molecule has 0 aliphatic heterocycles. The first-order valence-corrected chi connectivity index (χ1v) is 17.1. The van der Waals surface area contributed by atoms with E-state index in [1.165, 1.54) is 32.7 Å². The standard InChI is InChI=1S/C46H38N4/c1-45(2,3)32-18-20-41-37(24-32)34-14-7-9-16-39(34)49(41)43-23-31(28-48)36(30-13-11-12-29(22-30)27-47)26-44(43)50-40-17-10-8-15-35(40)38-25-33(46(4,5)6)19-21-42(38)50/h7-26H,1-6H3. The minimum Gasteiger partial charge on any atom is -0.307 e. The van der Waals surface area contributed by atoms with E-state index in [-0.39, 0.29) is 10.8 Å². The van der Waals surface area contributed by atoms with E-state index in [0.717, 1.165) is 44.6 Å². The van der Waals surface area contributed by atoms with Crippen LogP contribution in [0.1, 0.15) is 63.8 Å². The van der Waals surface area contributed by atoms with Crippen LogP contribution in [0.2, 0.25) is 0 Å². The maximum absolute atomic E-state index is 10.7. The molecule has 0 bridgehead atoms. The van der Waals surface area contributed by atoms with Gasteiger partial charge in [0, 0.05) is 27.1 Å². The van der Waals surface area contributed by atoms with Gasteiger partial charge in [0.2, 0.25) is 0 Å². The summed E-state index contributed by atoms with van der Waals surface area (Å²) in [7, 11) is 0. The van der Waals surface area contributed by atoms with Gasteiger partial charge in [0.15, 0.2) is 0 Å². The zero-order chi connectivity index (χ0) is 34.9. The number of nitrogens with zero attached hydrogens (tertiary/aromatic N) is 4. The highest BCUT2D eigenvalue weighted by molar-refractivity contribution is 6.12. The number of nitriles is 2. The highest BCUT2D eigenvalue weighted by atomic mass is 15.1. The summed E-state index contributed by atoms with van der Waals surface area (Å²) in [5.74, 6) is 0. The molecule has 0 saturated heterocycles. The molecule has 0 amide bonds. The maximum atomic E-state index is 10.7. The van der Waals surface area contributed by atoms with Crippen LogP contribution in [-0.2, 0) is 10.8 Å². The largest absolute Gasteiger partial charge is 0.307 e. The first kappa shape index (κ1) is 31.2. The lowest BCUT2D eigenvalue weighted by Gasteiger charge is -2.21. The number of aromatic nitrogens is 2. The predicted octanol–water partition coefficient (Wildman–Crippen LogP) is 11.9. The molecule has 6 aromatic carbocycles. The van der Waals surface area contributed by atoms with E-state index in [2.05, 4.69) is 154 Å². The summed E-state index contributed by atoms with van der Waals surface area (Å²) in [5.41, 5.74) is 11.5. The molecule has 8 aromatic rings. The molecule has 0 aliphatic rings. The lowest BCUT2D eigenvalue weighted by atomic mass is 9.86. The molecule has 0 fully saturated rings. The van der Waals surface area contributed by atoms with Crippen molar-refractivity contribution in [1.29, 1.82) is 10.5 Å². The Morgan fingerprint density at radius 2 is 0.960 bits per heavy atom. The van der Waals surface area contributed by atoms with Gasteiger partial charge in [-0.3, -0.25) is 0 Å². The molecular weight excluding hydrogens is 609 g/mol. The van der Waals surface area contributed by atoms with Crippen molar-refractivity contribution in [3.8, 4) is 34.6 Å². The fourth-order valence-electron chi connectivity index (χ4n) is 7.42. The van der Waals surface area contributed by atoms with E-state index in [1.54, 1.807) is 6.07 Å². The average molecular weight is 647 g/mol. The highest BCUT2D eigenvalue weighted by Crippen LogP contribution is 2.42. The van der Waals surface area contributed by atoms with Gasteiger partial charge in [-0.25, -0.2) is 0 Å². The van der Waals surface area contributed by atoms with Crippen LogP contribution in [0, 0.1) is 22.7 Å². The van der Waals surface area contributed by atoms with Crippen molar-refractivity contribution < 1.29 is 0 Å². The van der Waals surface area contributed by atoms with E-state index >= 15 is 0 Å². The van der Waals surface area contributed by atoms with Crippen LogP contribution in [0.5, 0.6) is 0 Å². The molecule has 0 aliphatic carbocycles. The summed E-state index contributed by atoms with van der Waals surface area (Å²) in [6, 6.07) is 47.3. The molecule has 4 nitrogen and oxygen atoms in total. The fraction of sp³-hybridized carbons (Fsp3) is 0.174. The van der Waals surface area contributed by atoms with Crippen LogP contribution in [0.15, 0.2) is 121 Å². The van der Waals surface area contributed by atoms with Crippen molar-refractivity contribution in [2.75, 3.05) is 0 Å². The molecule has 0 spiro atoms. The van der Waals surface area contributed by atoms with Gasteiger partial charge in [-0.2, -0.15) is 10.5 Å². The van der Waals surface area contributed by atoms with Gasteiger partial charge in [0.1, 0.15) is 0 Å². The van der Waals surface area contributed by atoms with Crippen LogP contribution in [0.25, 0.3) is 66.1 Å². The van der Waals surface area contributed by atoms with E-state index in [0.29, 0.717) is 11.1 Å². The molecule has 50 heavy (non-hydrogen) atoms. The van der Waals surface area contributed by atoms with Gasteiger partial charge in [-0.15, -0.1) is 0 Å². The Kier molecular flexibility index (Phi) is 7.00. The van der Waals surface area contributed by atoms with Crippen molar-refractivity contribution in [2.45, 2.75) is 52.4 Å². The van der Waals surface area contributed by atoms with E-state index in [4.69, 9.17) is 0 Å². The number of fused-ring (bicyclic) bond motifs is 6. The second-order valence-corrected chi connectivity index (χ2v) is 15.4. The molecule has 0 saturated carbocycles. The zero-order valence-electron chi connectivity index (χ0n) is 29.3. The monoisotopic (exact) mass is 646 g/mol. The molecule has 2 aromatic heterocycles. The molecular formula is C46H38N4. The average Bonchev–Trinajstić information content (AvgIpc) is 3.62. The number of rotatable bonds is 3. The third kappa shape index (κ3) is 4.88. The first-order valence-electron chi connectivity index (χ1n) is 17.1. The molecule has 0 unspecified atom stereocenters. The van der Waals surface area contributed by atoms with Crippen molar-refractivity contribution in [1.82, 2.24) is 9.13 Å². The Bertz CT molecular complexity index is 2740. The van der Waals surface area contributed by atoms with E-state index < -0.39 is 0 Å². The molecule has 4 heteroatoms. The van der Waals surface area contributed by atoms with Crippen LogP contribution < -0.4 is 0 Å². The third-order valence-electron chi connectivity index (χ3n) is 10.1. The number of benzene rings is 6. The second-order valence-electron chi connectivity index (χ2n) is 15.4. The molecule has 8 rings (SSSR count). The Labute approximate surface area is 293 Å². The third-order valence-corrected chi connectivity index (χ3v) is 10.1. The minimum absolute atomic E-state index is 0.00891. The van der Waals surface area contributed by atoms with E-state index in [1.807, 2.05) is 24.3 Å². The smallest absolute Gasteiger partial charge is 0.0998 e. The highest BCUT2D eigenvalue weighted by Gasteiger charge is 2.24. The number of hydrogen-bond donors (Lipinski definition) is 0. The Morgan fingerprint density at radius 3 is 1.46 bits per heavy atom. The maximum Gasteiger partial charge on any atom is 0.0998 e. The summed E-state index contributed by atoms with van der Waals surface area (Å²) in [6.45, 7) is 13.5. The van der Waals surface area contributed by atoms with Crippen LogP contribution in [0.3, 0.4) is 0 Å². The fourth-order valence-corrected chi connectivity index (χ4v) is 7.42. The van der Waals surface area contributed by atoms with Crippen LogP contribution in [-0.4, -0.2) is 9.13 Å². The van der Waals surface area contributed by atoms with Crippen molar-refractivity contribution >= 4 is 43.6 Å². The van der Waals surface area contributed by atoms with Gasteiger partial charge < -0.3 is 9.13 Å². The van der Waals surface area contributed by atoms with Gasteiger partial charge in [0.05, 0.1) is 56.7 Å². The summed E-state index contributed by atoms with van der Waals surface area (Å²) >= 11 is 0. The van der Waals surface area contributed by atoms with Crippen molar-refractivity contribution in [3.05, 3.63) is 144 Å². The lowest BCUT2D eigenvalue weighted by molar-refractivity contribution is 0.591. The molecule has 0 atom stereocenters. The summed E-state index contributed by atoms with van der Waals surface area (Å²) in [4.78, 5) is 0. The Morgan fingerprint density at radius 1 is 0.460 bits per heavy atom. The second kappa shape index (κ2) is 11.2. The van der Waals surface area contributed by atoms with Gasteiger partial charge in [-0.05, 0) is 88.2 Å².